The number of ether oxygens (including phenoxy) is 1. The van der Waals surface area contributed by atoms with Gasteiger partial charge in [0, 0.05) is 24.9 Å². The molecule has 3 unspecified atom stereocenters. The number of fused-ring (bicyclic) bond motifs is 5. The van der Waals surface area contributed by atoms with Gasteiger partial charge in [-0.05, 0) is 88.5 Å². The second-order valence-corrected chi connectivity index (χ2v) is 11.0. The number of amides is 1. The third-order valence-corrected chi connectivity index (χ3v) is 9.85. The van der Waals surface area contributed by atoms with E-state index in [9.17, 15) is 9.59 Å². The zero-order chi connectivity index (χ0) is 21.1. The molecule has 2 saturated heterocycles. The van der Waals surface area contributed by atoms with E-state index in [-0.39, 0.29) is 29.2 Å². The Labute approximate surface area is 176 Å². The van der Waals surface area contributed by atoms with Gasteiger partial charge in [-0.15, -0.1) is 0 Å². The average molecular weight is 405 g/mol. The van der Waals surface area contributed by atoms with E-state index >= 15 is 0 Å². The molecule has 4 fully saturated rings. The summed E-state index contributed by atoms with van der Waals surface area (Å²) < 4.78 is 5.74. The van der Waals surface area contributed by atoms with Crippen LogP contribution in [0.15, 0.2) is 0 Å². The predicted molar refractivity (Wildman–Crippen MR) is 114 cm³/mol. The van der Waals surface area contributed by atoms with Crippen molar-refractivity contribution in [3.8, 4) is 0 Å². The van der Waals surface area contributed by atoms with Gasteiger partial charge < -0.3 is 10.1 Å². The van der Waals surface area contributed by atoms with Crippen molar-refractivity contribution in [3.63, 3.8) is 0 Å². The molecule has 2 heterocycles. The minimum absolute atomic E-state index is 0.0560. The van der Waals surface area contributed by atoms with Gasteiger partial charge in [0.15, 0.2) is 0 Å². The number of rotatable bonds is 2. The van der Waals surface area contributed by atoms with Gasteiger partial charge in [0.25, 0.3) is 0 Å². The maximum atomic E-state index is 12.4. The molecule has 2 aliphatic heterocycles. The molecule has 0 radical (unpaired) electrons. The first kappa shape index (κ1) is 21.1. The molecule has 0 aromatic carbocycles. The smallest absolute Gasteiger partial charge is 0.407 e. The van der Waals surface area contributed by atoms with Crippen molar-refractivity contribution in [2.45, 2.75) is 90.8 Å². The third-order valence-electron chi connectivity index (χ3n) is 9.85. The summed E-state index contributed by atoms with van der Waals surface area (Å²) >= 11 is 0. The van der Waals surface area contributed by atoms with E-state index in [0.29, 0.717) is 29.5 Å². The lowest BCUT2D eigenvalue weighted by molar-refractivity contribution is -0.155. The van der Waals surface area contributed by atoms with E-state index in [0.717, 1.165) is 25.3 Å². The molecule has 4 aliphatic rings. The van der Waals surface area contributed by atoms with Crippen molar-refractivity contribution in [2.24, 2.45) is 35.0 Å². The van der Waals surface area contributed by atoms with Crippen LogP contribution in [0.1, 0.15) is 73.1 Å². The van der Waals surface area contributed by atoms with Crippen LogP contribution < -0.4 is 5.32 Å². The molecule has 1 amide bonds. The molecule has 5 nitrogen and oxygen atoms in total. The van der Waals surface area contributed by atoms with E-state index in [4.69, 9.17) is 4.74 Å². The van der Waals surface area contributed by atoms with Gasteiger partial charge >= 0.3 is 6.09 Å². The lowest BCUT2D eigenvalue weighted by Gasteiger charge is -2.62. The normalized spacial score (nSPS) is 48.3. The number of ketones is 1. The highest BCUT2D eigenvalue weighted by Crippen LogP contribution is 2.65. The number of hydrogen-bond donors (Lipinski definition) is 1. The van der Waals surface area contributed by atoms with Crippen LogP contribution in [0.2, 0.25) is 0 Å². The first-order valence-electron chi connectivity index (χ1n) is 11.8. The van der Waals surface area contributed by atoms with Gasteiger partial charge in [0.1, 0.15) is 11.9 Å². The zero-order valence-corrected chi connectivity index (χ0v) is 19.2. The Kier molecular flexibility index (Phi) is 5.28. The number of carbonyl (C=O) groups excluding carboxylic acids is 2. The maximum absolute atomic E-state index is 12.4. The number of Topliss-reactive ketones (excluding diaryl/α,β-unsaturated/α-hetero) is 1. The van der Waals surface area contributed by atoms with Crippen LogP contribution >= 0.6 is 0 Å². The summed E-state index contributed by atoms with van der Waals surface area (Å²) in [5.41, 5.74) is 0.408. The third kappa shape index (κ3) is 3.05. The van der Waals surface area contributed by atoms with E-state index < -0.39 is 0 Å². The second-order valence-electron chi connectivity index (χ2n) is 11.0. The van der Waals surface area contributed by atoms with Gasteiger partial charge in [-0.2, -0.15) is 0 Å². The molecule has 2 aliphatic carbocycles. The van der Waals surface area contributed by atoms with Crippen molar-refractivity contribution in [1.82, 2.24) is 10.2 Å². The number of nitrogens with zero attached hydrogens (tertiary/aromatic N) is 1. The summed E-state index contributed by atoms with van der Waals surface area (Å²) in [5.74, 6) is 3.53. The summed E-state index contributed by atoms with van der Waals surface area (Å²) in [5, 5.41) is 2.61. The fourth-order valence-electron chi connectivity index (χ4n) is 8.65. The molecule has 0 bridgehead atoms. The summed E-state index contributed by atoms with van der Waals surface area (Å²) in [6.45, 7) is 12.6. The average Bonchev–Trinajstić information content (AvgIpc) is 2.95. The largest absolute Gasteiger partial charge is 0.446 e. The number of hydrogen-bond acceptors (Lipinski definition) is 4. The van der Waals surface area contributed by atoms with E-state index in [2.05, 4.69) is 44.8 Å². The van der Waals surface area contributed by atoms with E-state index in [1.165, 1.54) is 25.7 Å². The molecule has 29 heavy (non-hydrogen) atoms. The zero-order valence-electron chi connectivity index (χ0n) is 19.2. The van der Waals surface area contributed by atoms with Crippen LogP contribution in [-0.4, -0.2) is 48.1 Å². The number of carbonyl (C=O) groups is 2. The molecule has 1 N–H and O–H groups in total. The molecule has 4 rings (SSSR count). The maximum Gasteiger partial charge on any atom is 0.407 e. The Hall–Kier alpha value is -1.10. The molecule has 164 valence electrons. The highest BCUT2D eigenvalue weighted by atomic mass is 16.6. The van der Waals surface area contributed by atoms with E-state index in [1.807, 2.05) is 0 Å². The fraction of sp³-hybridized carbons (Fsp3) is 0.917. The molecule has 9 atom stereocenters. The van der Waals surface area contributed by atoms with Crippen molar-refractivity contribution in [1.29, 1.82) is 0 Å². The van der Waals surface area contributed by atoms with Gasteiger partial charge in [-0.1, -0.05) is 13.8 Å². The Bertz CT molecular complexity index is 681. The minimum Gasteiger partial charge on any atom is -0.446 e. The molecule has 2 saturated carbocycles. The Balaban J connectivity index is 1.59. The van der Waals surface area contributed by atoms with Crippen molar-refractivity contribution < 1.29 is 14.3 Å². The van der Waals surface area contributed by atoms with E-state index in [1.54, 1.807) is 7.05 Å². The summed E-state index contributed by atoms with van der Waals surface area (Å²) in [6.07, 6.45) is 6.30. The van der Waals surface area contributed by atoms with Crippen LogP contribution in [0.4, 0.5) is 4.79 Å². The summed E-state index contributed by atoms with van der Waals surface area (Å²) in [7, 11) is 1.63. The molecule has 0 spiro atoms. The van der Waals surface area contributed by atoms with Crippen molar-refractivity contribution >= 4 is 11.9 Å². The molecular weight excluding hydrogens is 364 g/mol. The number of alkyl carbamates (subject to hydrolysis) is 1. The van der Waals surface area contributed by atoms with Gasteiger partial charge in [-0.25, -0.2) is 4.79 Å². The highest BCUT2D eigenvalue weighted by Gasteiger charge is 2.63. The summed E-state index contributed by atoms with van der Waals surface area (Å²) in [4.78, 5) is 26.8. The van der Waals surface area contributed by atoms with Gasteiger partial charge in [-0.3, -0.25) is 9.69 Å². The predicted octanol–water partition coefficient (Wildman–Crippen LogP) is 4.25. The van der Waals surface area contributed by atoms with Crippen LogP contribution in [0, 0.1) is 35.0 Å². The summed E-state index contributed by atoms with van der Waals surface area (Å²) in [6, 6.07) is 0.0826. The van der Waals surface area contributed by atoms with Crippen molar-refractivity contribution in [3.05, 3.63) is 0 Å². The fourth-order valence-corrected chi connectivity index (χ4v) is 8.65. The topological polar surface area (TPSA) is 58.6 Å². The minimum atomic E-state index is -0.313. The monoisotopic (exact) mass is 404 g/mol. The first-order valence-corrected chi connectivity index (χ1v) is 11.8. The quantitative estimate of drug-likeness (QED) is 0.747. The van der Waals surface area contributed by atoms with Gasteiger partial charge in [0.2, 0.25) is 0 Å². The van der Waals surface area contributed by atoms with Crippen molar-refractivity contribution in [2.75, 3.05) is 13.6 Å². The van der Waals surface area contributed by atoms with Crippen LogP contribution in [0.5, 0.6) is 0 Å². The lowest BCUT2D eigenvalue weighted by atomic mass is 9.51. The SMILES string of the molecule is CNC(=O)OC(C)[C@H]1C(C)C[C@H]2[C@@H]3CCN4C(C)C(=O)CC[C@]4(C)[C@H]3CC[C@]12C. The Morgan fingerprint density at radius 3 is 2.62 bits per heavy atom. The van der Waals surface area contributed by atoms with Gasteiger partial charge in [0.05, 0.1) is 6.04 Å². The van der Waals surface area contributed by atoms with Crippen LogP contribution in [-0.2, 0) is 9.53 Å². The second kappa shape index (κ2) is 7.25. The molecule has 0 aromatic heterocycles. The highest BCUT2D eigenvalue weighted by molar-refractivity contribution is 5.84. The number of piperidine rings is 2. The standard InChI is InChI=1S/C24H40N2O3/c1-14-13-19-17-9-12-26-15(2)20(27)8-11-24(26,5)18(17)7-10-23(19,4)21(14)16(3)29-22(28)25-6/h14-19,21H,7-13H2,1-6H3,(H,25,28)/t14?,15?,16?,17-,18+,19+,21-,23+,24-/m1/s1. The lowest BCUT2D eigenvalue weighted by Crippen LogP contribution is -2.67. The Morgan fingerprint density at radius 1 is 1.21 bits per heavy atom. The molecule has 5 heteroatoms. The molecule has 0 aromatic rings. The first-order chi connectivity index (χ1) is 13.6. The van der Waals surface area contributed by atoms with Crippen LogP contribution in [0.25, 0.3) is 0 Å². The Morgan fingerprint density at radius 2 is 1.93 bits per heavy atom. The van der Waals surface area contributed by atoms with Crippen LogP contribution in [0.3, 0.4) is 0 Å². The molecular formula is C24H40N2O3. The number of nitrogens with one attached hydrogen (secondary N) is 1.